The fraction of sp³-hybridized carbons (Fsp3) is 0.375. The average molecular weight is 384 g/mol. The lowest BCUT2D eigenvalue weighted by Crippen LogP contribution is -2.24. The summed E-state index contributed by atoms with van der Waals surface area (Å²) in [6.45, 7) is 1.23. The highest BCUT2D eigenvalue weighted by Gasteiger charge is 2.34. The number of hydrogen-bond acceptors (Lipinski definition) is 5. The van der Waals surface area contributed by atoms with E-state index in [-0.39, 0.29) is 5.92 Å². The van der Waals surface area contributed by atoms with Gasteiger partial charge in [-0.1, -0.05) is 18.2 Å². The van der Waals surface area contributed by atoms with Gasteiger partial charge in [0.15, 0.2) is 0 Å². The lowest BCUT2D eigenvalue weighted by Gasteiger charge is -2.22. The van der Waals surface area contributed by atoms with Crippen LogP contribution in [0.3, 0.4) is 0 Å². The Bertz CT molecular complexity index is 1100. The molecule has 0 amide bonds. The molecule has 2 unspecified atom stereocenters. The normalized spacial score (nSPS) is 21.2. The molecule has 5 heteroatoms. The molecule has 1 aliphatic heterocycles. The minimum Gasteiger partial charge on any atom is -0.391 e. The number of nitrogens with zero attached hydrogens (tertiary/aromatic N) is 4. The standard InChI is InChI=1S/C24H24N4O/c25-13-18-12-17-5-1-3-7-21(17)27-24(18)28-14-19(23(29)15-28)11-16-9-10-26-22-8-4-2-6-20(16)22/h2,4,6,8-10,12,19,23,29H,1,3,5,7,11,14-15H2. The summed E-state index contributed by atoms with van der Waals surface area (Å²) in [5.41, 5.74) is 5.17. The third-order valence-corrected chi connectivity index (χ3v) is 6.33. The van der Waals surface area contributed by atoms with Gasteiger partial charge < -0.3 is 10.0 Å². The molecule has 0 saturated carbocycles. The molecule has 1 N–H and O–H groups in total. The minimum atomic E-state index is -0.439. The molecule has 29 heavy (non-hydrogen) atoms. The van der Waals surface area contributed by atoms with Crippen LogP contribution < -0.4 is 4.90 Å². The molecule has 2 atom stereocenters. The second-order valence-corrected chi connectivity index (χ2v) is 8.21. The molecule has 0 spiro atoms. The van der Waals surface area contributed by atoms with Crippen molar-refractivity contribution in [2.75, 3.05) is 18.0 Å². The van der Waals surface area contributed by atoms with Crippen molar-refractivity contribution < 1.29 is 5.11 Å². The molecule has 2 aliphatic rings. The number of rotatable bonds is 3. The van der Waals surface area contributed by atoms with Crippen LogP contribution in [0.2, 0.25) is 0 Å². The molecular weight excluding hydrogens is 360 g/mol. The molecule has 0 bridgehead atoms. The highest BCUT2D eigenvalue weighted by molar-refractivity contribution is 5.81. The van der Waals surface area contributed by atoms with E-state index in [2.05, 4.69) is 28.1 Å². The zero-order valence-electron chi connectivity index (χ0n) is 16.4. The van der Waals surface area contributed by atoms with Gasteiger partial charge in [0.2, 0.25) is 0 Å². The van der Waals surface area contributed by atoms with Crippen molar-refractivity contribution in [3.8, 4) is 6.07 Å². The summed E-state index contributed by atoms with van der Waals surface area (Å²) >= 11 is 0. The molecule has 5 nitrogen and oxygen atoms in total. The Morgan fingerprint density at radius 1 is 1.14 bits per heavy atom. The van der Waals surface area contributed by atoms with E-state index in [0.29, 0.717) is 18.7 Å². The molecule has 1 aromatic carbocycles. The van der Waals surface area contributed by atoms with Crippen LogP contribution in [0.5, 0.6) is 0 Å². The third-order valence-electron chi connectivity index (χ3n) is 6.33. The van der Waals surface area contributed by atoms with E-state index < -0.39 is 6.10 Å². The lowest BCUT2D eigenvalue weighted by molar-refractivity contribution is 0.148. The monoisotopic (exact) mass is 384 g/mol. The van der Waals surface area contributed by atoms with Crippen molar-refractivity contribution in [3.63, 3.8) is 0 Å². The van der Waals surface area contributed by atoms with Crippen molar-refractivity contribution in [2.24, 2.45) is 5.92 Å². The number of anilines is 1. The van der Waals surface area contributed by atoms with Crippen LogP contribution in [0.1, 0.15) is 35.2 Å². The first-order valence-electron chi connectivity index (χ1n) is 10.4. The molecule has 5 rings (SSSR count). The Morgan fingerprint density at radius 2 is 2.00 bits per heavy atom. The van der Waals surface area contributed by atoms with Crippen LogP contribution in [0.15, 0.2) is 42.6 Å². The molecule has 2 aromatic heterocycles. The predicted molar refractivity (Wildman–Crippen MR) is 113 cm³/mol. The molecule has 0 radical (unpaired) electrons. The van der Waals surface area contributed by atoms with E-state index in [9.17, 15) is 10.4 Å². The maximum Gasteiger partial charge on any atom is 0.146 e. The van der Waals surface area contributed by atoms with E-state index in [1.165, 1.54) is 17.5 Å². The summed E-state index contributed by atoms with van der Waals surface area (Å²) in [5.74, 6) is 0.847. The second-order valence-electron chi connectivity index (χ2n) is 8.21. The Labute approximate surface area is 170 Å². The molecular formula is C24H24N4O. The van der Waals surface area contributed by atoms with Gasteiger partial charge in [-0.05, 0) is 61.4 Å². The fourth-order valence-electron chi connectivity index (χ4n) is 4.79. The van der Waals surface area contributed by atoms with Gasteiger partial charge in [-0.2, -0.15) is 5.26 Å². The van der Waals surface area contributed by atoms with Crippen molar-refractivity contribution in [1.82, 2.24) is 9.97 Å². The van der Waals surface area contributed by atoms with Crippen LogP contribution in [0.25, 0.3) is 10.9 Å². The molecule has 146 valence electrons. The number of aromatic nitrogens is 2. The SMILES string of the molecule is N#Cc1cc2c(nc1N1CC(O)C(Cc3ccnc4ccccc34)C1)CCCC2. The number of nitriles is 1. The predicted octanol–water partition coefficient (Wildman–Crippen LogP) is 3.42. The largest absolute Gasteiger partial charge is 0.391 e. The third kappa shape index (κ3) is 3.34. The summed E-state index contributed by atoms with van der Waals surface area (Å²) in [6, 6.07) is 14.5. The molecule has 1 fully saturated rings. The molecule has 1 saturated heterocycles. The lowest BCUT2D eigenvalue weighted by atomic mass is 9.94. The van der Waals surface area contributed by atoms with E-state index in [1.807, 2.05) is 30.5 Å². The Balaban J connectivity index is 1.42. The Morgan fingerprint density at radius 3 is 2.90 bits per heavy atom. The second kappa shape index (κ2) is 7.46. The number of benzene rings is 1. The van der Waals surface area contributed by atoms with Gasteiger partial charge in [0.1, 0.15) is 11.9 Å². The quantitative estimate of drug-likeness (QED) is 0.749. The highest BCUT2D eigenvalue weighted by atomic mass is 16.3. The van der Waals surface area contributed by atoms with Gasteiger partial charge in [0.25, 0.3) is 0 Å². The first kappa shape index (κ1) is 18.1. The first-order valence-corrected chi connectivity index (χ1v) is 10.4. The smallest absolute Gasteiger partial charge is 0.146 e. The van der Waals surface area contributed by atoms with Crippen molar-refractivity contribution >= 4 is 16.7 Å². The first-order chi connectivity index (χ1) is 14.2. The van der Waals surface area contributed by atoms with Gasteiger partial charge in [0, 0.05) is 36.3 Å². The molecule has 1 aliphatic carbocycles. The zero-order valence-corrected chi connectivity index (χ0v) is 16.4. The van der Waals surface area contributed by atoms with Crippen LogP contribution in [-0.4, -0.2) is 34.3 Å². The molecule has 3 heterocycles. The van der Waals surface area contributed by atoms with Crippen molar-refractivity contribution in [1.29, 1.82) is 5.26 Å². The molecule has 3 aromatic rings. The number of aryl methyl sites for hydroxylation is 2. The topological polar surface area (TPSA) is 73.0 Å². The fourth-order valence-corrected chi connectivity index (χ4v) is 4.79. The number of hydrogen-bond donors (Lipinski definition) is 1. The van der Waals surface area contributed by atoms with Gasteiger partial charge in [0.05, 0.1) is 17.2 Å². The number of fused-ring (bicyclic) bond motifs is 2. The van der Waals surface area contributed by atoms with Crippen LogP contribution in [0.4, 0.5) is 5.82 Å². The Hall–Kier alpha value is -2.97. The van der Waals surface area contributed by atoms with Crippen molar-refractivity contribution in [2.45, 2.75) is 38.2 Å². The van der Waals surface area contributed by atoms with Crippen LogP contribution in [-0.2, 0) is 19.3 Å². The number of pyridine rings is 2. The van der Waals surface area contributed by atoms with Gasteiger partial charge in [-0.15, -0.1) is 0 Å². The summed E-state index contributed by atoms with van der Waals surface area (Å²) in [5, 5.41) is 21.6. The number of aliphatic hydroxyl groups excluding tert-OH is 1. The van der Waals surface area contributed by atoms with E-state index >= 15 is 0 Å². The summed E-state index contributed by atoms with van der Waals surface area (Å²) in [4.78, 5) is 11.4. The number of β-amino-alcohol motifs (C(OH)–C–C–N with tert-alkyl or cyclic N) is 1. The van der Waals surface area contributed by atoms with Crippen LogP contribution in [0, 0.1) is 17.2 Å². The highest BCUT2D eigenvalue weighted by Crippen LogP contribution is 2.32. The maximum atomic E-state index is 10.8. The number of para-hydroxylation sites is 1. The van der Waals surface area contributed by atoms with Gasteiger partial charge >= 0.3 is 0 Å². The van der Waals surface area contributed by atoms with E-state index in [4.69, 9.17) is 4.98 Å². The number of aliphatic hydroxyl groups is 1. The van der Waals surface area contributed by atoms with E-state index in [0.717, 1.165) is 48.1 Å². The van der Waals surface area contributed by atoms with Crippen LogP contribution >= 0.6 is 0 Å². The summed E-state index contributed by atoms with van der Waals surface area (Å²) < 4.78 is 0. The Kier molecular flexibility index (Phi) is 4.65. The van der Waals surface area contributed by atoms with Crippen molar-refractivity contribution in [3.05, 3.63) is 65.0 Å². The average Bonchev–Trinajstić information content (AvgIpc) is 3.13. The summed E-state index contributed by atoms with van der Waals surface area (Å²) in [7, 11) is 0. The van der Waals surface area contributed by atoms with E-state index in [1.54, 1.807) is 0 Å². The van der Waals surface area contributed by atoms with Gasteiger partial charge in [-0.25, -0.2) is 4.98 Å². The van der Waals surface area contributed by atoms with Gasteiger partial charge in [-0.3, -0.25) is 4.98 Å². The maximum absolute atomic E-state index is 10.8. The zero-order chi connectivity index (χ0) is 19.8. The minimum absolute atomic E-state index is 0.102. The summed E-state index contributed by atoms with van der Waals surface area (Å²) in [6.07, 6.45) is 6.51.